The number of amides is 1. The molecule has 0 radical (unpaired) electrons. The van der Waals surface area contributed by atoms with E-state index < -0.39 is 0 Å². The lowest BCUT2D eigenvalue weighted by Crippen LogP contribution is -2.37. The standard InChI is InChI=1S/C8H16N2O/c1-8(6-7(9)11)2-4-10-5-3-8/h10H,2-6H2,1H3,(H2,9,11). The van der Waals surface area contributed by atoms with Crippen molar-refractivity contribution in [2.45, 2.75) is 26.2 Å². The molecule has 1 heterocycles. The van der Waals surface area contributed by atoms with Gasteiger partial charge in [0, 0.05) is 6.42 Å². The fraction of sp³-hybridized carbons (Fsp3) is 0.875. The van der Waals surface area contributed by atoms with E-state index in [4.69, 9.17) is 5.73 Å². The molecule has 0 aromatic heterocycles. The largest absolute Gasteiger partial charge is 0.370 e. The molecule has 0 spiro atoms. The number of primary amides is 1. The van der Waals surface area contributed by atoms with E-state index in [-0.39, 0.29) is 11.3 Å². The highest BCUT2D eigenvalue weighted by molar-refractivity contribution is 5.74. The highest BCUT2D eigenvalue weighted by atomic mass is 16.1. The van der Waals surface area contributed by atoms with Gasteiger partial charge >= 0.3 is 0 Å². The number of carbonyl (C=O) groups is 1. The Morgan fingerprint density at radius 3 is 2.55 bits per heavy atom. The molecule has 1 rings (SSSR count). The predicted octanol–water partition coefficient (Wildman–Crippen LogP) is 0.251. The topological polar surface area (TPSA) is 55.1 Å². The van der Waals surface area contributed by atoms with E-state index in [9.17, 15) is 4.79 Å². The van der Waals surface area contributed by atoms with Crippen molar-refractivity contribution in [1.29, 1.82) is 0 Å². The van der Waals surface area contributed by atoms with Gasteiger partial charge in [-0.3, -0.25) is 4.79 Å². The van der Waals surface area contributed by atoms with Gasteiger partial charge in [-0.1, -0.05) is 6.92 Å². The van der Waals surface area contributed by atoms with Gasteiger partial charge in [-0.2, -0.15) is 0 Å². The lowest BCUT2D eigenvalue weighted by atomic mass is 9.78. The third-order valence-corrected chi connectivity index (χ3v) is 2.41. The summed E-state index contributed by atoms with van der Waals surface area (Å²) >= 11 is 0. The van der Waals surface area contributed by atoms with Gasteiger partial charge in [0.05, 0.1) is 0 Å². The molecule has 3 nitrogen and oxygen atoms in total. The van der Waals surface area contributed by atoms with Crippen LogP contribution in [0.1, 0.15) is 26.2 Å². The second kappa shape index (κ2) is 3.22. The highest BCUT2D eigenvalue weighted by Gasteiger charge is 2.28. The van der Waals surface area contributed by atoms with Crippen LogP contribution in [0.5, 0.6) is 0 Å². The SMILES string of the molecule is CC1(CC(N)=O)CCNCC1. The lowest BCUT2D eigenvalue weighted by Gasteiger charge is -2.32. The third kappa shape index (κ3) is 2.50. The van der Waals surface area contributed by atoms with Gasteiger partial charge in [0.25, 0.3) is 0 Å². The summed E-state index contributed by atoms with van der Waals surface area (Å²) in [6.45, 7) is 4.17. The minimum Gasteiger partial charge on any atom is -0.370 e. The molecule has 0 atom stereocenters. The first-order valence-electron chi connectivity index (χ1n) is 4.11. The van der Waals surface area contributed by atoms with Gasteiger partial charge < -0.3 is 11.1 Å². The summed E-state index contributed by atoms with van der Waals surface area (Å²) in [7, 11) is 0. The molecule has 0 bridgehead atoms. The van der Waals surface area contributed by atoms with Crippen LogP contribution in [0, 0.1) is 5.41 Å². The second-order valence-electron chi connectivity index (χ2n) is 3.70. The Morgan fingerprint density at radius 2 is 2.09 bits per heavy atom. The van der Waals surface area contributed by atoms with E-state index >= 15 is 0 Å². The molecule has 0 saturated carbocycles. The quantitative estimate of drug-likeness (QED) is 0.602. The molecule has 1 amide bonds. The summed E-state index contributed by atoms with van der Waals surface area (Å²) in [5, 5.41) is 3.26. The normalized spacial score (nSPS) is 23.0. The predicted molar refractivity (Wildman–Crippen MR) is 44.0 cm³/mol. The van der Waals surface area contributed by atoms with Crippen molar-refractivity contribution >= 4 is 5.91 Å². The second-order valence-corrected chi connectivity index (χ2v) is 3.70. The summed E-state index contributed by atoms with van der Waals surface area (Å²) in [5.74, 6) is -0.172. The van der Waals surface area contributed by atoms with Gasteiger partial charge in [-0.05, 0) is 31.3 Å². The summed E-state index contributed by atoms with van der Waals surface area (Å²) in [6, 6.07) is 0. The van der Waals surface area contributed by atoms with Crippen molar-refractivity contribution in [3.63, 3.8) is 0 Å². The van der Waals surface area contributed by atoms with Crippen molar-refractivity contribution in [2.24, 2.45) is 11.1 Å². The number of hydrogen-bond donors (Lipinski definition) is 2. The lowest BCUT2D eigenvalue weighted by molar-refractivity contribution is -0.120. The Morgan fingerprint density at radius 1 is 1.55 bits per heavy atom. The van der Waals surface area contributed by atoms with Crippen molar-refractivity contribution in [3.05, 3.63) is 0 Å². The fourth-order valence-electron chi connectivity index (χ4n) is 1.63. The van der Waals surface area contributed by atoms with E-state index in [0.717, 1.165) is 25.9 Å². The van der Waals surface area contributed by atoms with Crippen LogP contribution in [0.3, 0.4) is 0 Å². The van der Waals surface area contributed by atoms with Crippen LogP contribution in [0.15, 0.2) is 0 Å². The number of carbonyl (C=O) groups excluding carboxylic acids is 1. The summed E-state index contributed by atoms with van der Waals surface area (Å²) < 4.78 is 0. The molecule has 3 heteroatoms. The zero-order valence-electron chi connectivity index (χ0n) is 7.02. The summed E-state index contributed by atoms with van der Waals surface area (Å²) in [6.07, 6.45) is 2.67. The summed E-state index contributed by atoms with van der Waals surface area (Å²) in [5.41, 5.74) is 5.31. The molecule has 0 aliphatic carbocycles. The van der Waals surface area contributed by atoms with Gasteiger partial charge in [-0.15, -0.1) is 0 Å². The van der Waals surface area contributed by atoms with E-state index in [2.05, 4.69) is 12.2 Å². The zero-order chi connectivity index (χ0) is 8.32. The van der Waals surface area contributed by atoms with E-state index in [1.54, 1.807) is 0 Å². The van der Waals surface area contributed by atoms with Gasteiger partial charge in [0.15, 0.2) is 0 Å². The first-order chi connectivity index (χ1) is 5.12. The maximum atomic E-state index is 10.7. The molecule has 1 fully saturated rings. The third-order valence-electron chi connectivity index (χ3n) is 2.41. The number of piperidine rings is 1. The van der Waals surface area contributed by atoms with E-state index in [1.165, 1.54) is 0 Å². The molecular formula is C8H16N2O. The van der Waals surface area contributed by atoms with Crippen molar-refractivity contribution in [1.82, 2.24) is 5.32 Å². The van der Waals surface area contributed by atoms with Gasteiger partial charge in [-0.25, -0.2) is 0 Å². The Bertz CT molecular complexity index is 150. The Hall–Kier alpha value is -0.570. The molecular weight excluding hydrogens is 140 g/mol. The number of hydrogen-bond acceptors (Lipinski definition) is 2. The molecule has 11 heavy (non-hydrogen) atoms. The van der Waals surface area contributed by atoms with Crippen LogP contribution >= 0.6 is 0 Å². The smallest absolute Gasteiger partial charge is 0.217 e. The fourth-order valence-corrected chi connectivity index (χ4v) is 1.63. The zero-order valence-corrected chi connectivity index (χ0v) is 7.02. The highest BCUT2D eigenvalue weighted by Crippen LogP contribution is 2.31. The van der Waals surface area contributed by atoms with E-state index in [0.29, 0.717) is 6.42 Å². The molecule has 0 aromatic carbocycles. The summed E-state index contributed by atoms with van der Waals surface area (Å²) in [4.78, 5) is 10.7. The van der Waals surface area contributed by atoms with Crippen LogP contribution in [-0.4, -0.2) is 19.0 Å². The molecule has 0 unspecified atom stereocenters. The Labute approximate surface area is 67.3 Å². The molecule has 1 aliphatic heterocycles. The average Bonchev–Trinajstić information content (AvgIpc) is 1.85. The van der Waals surface area contributed by atoms with Crippen LogP contribution in [0.2, 0.25) is 0 Å². The van der Waals surface area contributed by atoms with Crippen LogP contribution in [0.4, 0.5) is 0 Å². The van der Waals surface area contributed by atoms with Gasteiger partial charge in [0.1, 0.15) is 0 Å². The van der Waals surface area contributed by atoms with Crippen molar-refractivity contribution < 1.29 is 4.79 Å². The molecule has 0 aromatic rings. The van der Waals surface area contributed by atoms with E-state index in [1.807, 2.05) is 0 Å². The van der Waals surface area contributed by atoms with Crippen LogP contribution in [-0.2, 0) is 4.79 Å². The Balaban J connectivity index is 2.43. The number of nitrogens with one attached hydrogen (secondary N) is 1. The number of nitrogens with two attached hydrogens (primary N) is 1. The van der Waals surface area contributed by atoms with Crippen molar-refractivity contribution in [3.8, 4) is 0 Å². The van der Waals surface area contributed by atoms with Crippen LogP contribution in [0.25, 0.3) is 0 Å². The first-order valence-corrected chi connectivity index (χ1v) is 4.11. The minimum atomic E-state index is -0.172. The Kier molecular flexibility index (Phi) is 2.49. The average molecular weight is 156 g/mol. The molecule has 1 saturated heterocycles. The first kappa shape index (κ1) is 8.53. The number of rotatable bonds is 2. The van der Waals surface area contributed by atoms with Gasteiger partial charge in [0.2, 0.25) is 5.91 Å². The molecule has 1 aliphatic rings. The van der Waals surface area contributed by atoms with Crippen LogP contribution < -0.4 is 11.1 Å². The van der Waals surface area contributed by atoms with Crippen molar-refractivity contribution in [2.75, 3.05) is 13.1 Å². The molecule has 3 N–H and O–H groups in total. The monoisotopic (exact) mass is 156 g/mol. The molecule has 64 valence electrons. The maximum absolute atomic E-state index is 10.7. The maximum Gasteiger partial charge on any atom is 0.217 e. The minimum absolute atomic E-state index is 0.164.